The van der Waals surface area contributed by atoms with Crippen LogP contribution in [0.15, 0.2) is 53.7 Å². The third-order valence-electron chi connectivity index (χ3n) is 7.34. The topological polar surface area (TPSA) is 113 Å². The molecule has 0 saturated heterocycles. The summed E-state index contributed by atoms with van der Waals surface area (Å²) in [5, 5.41) is 12.3. The Morgan fingerprint density at radius 2 is 1.44 bits per heavy atom. The van der Waals surface area contributed by atoms with Crippen molar-refractivity contribution in [2.45, 2.75) is 55.9 Å². The maximum atomic E-state index is 13.4. The molecule has 0 radical (unpaired) electrons. The monoisotopic (exact) mass is 618 g/mol. The van der Waals surface area contributed by atoms with Crippen molar-refractivity contribution in [1.29, 1.82) is 0 Å². The minimum atomic E-state index is -0.562. The van der Waals surface area contributed by atoms with Crippen molar-refractivity contribution in [3.05, 3.63) is 64.5 Å². The summed E-state index contributed by atoms with van der Waals surface area (Å²) in [6.07, 6.45) is 6.10. The summed E-state index contributed by atoms with van der Waals surface area (Å²) in [6, 6.07) is 15.1. The van der Waals surface area contributed by atoms with Crippen molar-refractivity contribution >= 4 is 40.0 Å². The maximum absolute atomic E-state index is 13.4. The number of fused-ring (bicyclic) bond motifs is 1. The number of nitrogens with zero attached hydrogens (tertiary/aromatic N) is 3. The minimum Gasteiger partial charge on any atom is -0.497 e. The van der Waals surface area contributed by atoms with Crippen LogP contribution in [0.3, 0.4) is 0 Å². The molecular weight excluding hydrogens is 585 g/mol. The van der Waals surface area contributed by atoms with Crippen LogP contribution in [0.5, 0.6) is 11.5 Å². The van der Waals surface area contributed by atoms with Gasteiger partial charge in [-0.1, -0.05) is 24.6 Å². The molecule has 2 aromatic carbocycles. The number of carbonyl (C=O) groups excluding carboxylic acids is 2. The number of esters is 1. The van der Waals surface area contributed by atoms with Gasteiger partial charge in [-0.25, -0.2) is 9.78 Å². The summed E-state index contributed by atoms with van der Waals surface area (Å²) >= 11 is 2.69. The number of carbonyl (C=O) groups is 2. The zero-order valence-electron chi connectivity index (χ0n) is 24.6. The van der Waals surface area contributed by atoms with Gasteiger partial charge in [0.2, 0.25) is 11.1 Å². The number of hydrogen-bond donors (Lipinski definition) is 1. The summed E-state index contributed by atoms with van der Waals surface area (Å²) < 4.78 is 15.7. The highest BCUT2D eigenvalue weighted by atomic mass is 32.2. The molecule has 9 nitrogen and oxygen atoms in total. The molecule has 0 spiro atoms. The molecular formula is C32H34N4O5S2. The number of methoxy groups -OCH3 is 3. The fourth-order valence-corrected chi connectivity index (χ4v) is 7.00. The van der Waals surface area contributed by atoms with E-state index in [1.165, 1.54) is 36.6 Å². The molecule has 0 fully saturated rings. The Morgan fingerprint density at radius 1 is 0.837 bits per heavy atom. The molecule has 11 heteroatoms. The lowest BCUT2D eigenvalue weighted by molar-refractivity contribution is -0.115. The lowest BCUT2D eigenvalue weighted by Crippen LogP contribution is -2.23. The van der Waals surface area contributed by atoms with Gasteiger partial charge in [0.25, 0.3) is 0 Å². The van der Waals surface area contributed by atoms with Crippen LogP contribution in [-0.2, 0) is 22.4 Å². The second-order valence-electron chi connectivity index (χ2n) is 10.1. The minimum absolute atomic E-state index is 0.252. The molecule has 1 aliphatic rings. The van der Waals surface area contributed by atoms with Crippen molar-refractivity contribution in [3.8, 4) is 34.0 Å². The number of benzene rings is 2. The van der Waals surface area contributed by atoms with Crippen molar-refractivity contribution in [3.63, 3.8) is 0 Å². The normalized spacial score (nSPS) is 13.7. The van der Waals surface area contributed by atoms with Gasteiger partial charge in [-0.2, -0.15) is 0 Å². The number of aryl methyl sites for hydroxylation is 1. The Kier molecular flexibility index (Phi) is 9.93. The van der Waals surface area contributed by atoms with Gasteiger partial charge in [0.05, 0.1) is 32.1 Å². The van der Waals surface area contributed by atoms with Crippen molar-refractivity contribution in [1.82, 2.24) is 15.2 Å². The van der Waals surface area contributed by atoms with E-state index in [4.69, 9.17) is 19.2 Å². The first-order valence-corrected chi connectivity index (χ1v) is 15.8. The van der Waals surface area contributed by atoms with E-state index in [1.807, 2.05) is 48.5 Å². The smallest absolute Gasteiger partial charge is 0.341 e. The van der Waals surface area contributed by atoms with Crippen LogP contribution in [0.4, 0.5) is 5.00 Å². The van der Waals surface area contributed by atoms with Crippen LogP contribution in [-0.4, -0.2) is 53.6 Å². The summed E-state index contributed by atoms with van der Waals surface area (Å²) in [5.41, 5.74) is 4.39. The Morgan fingerprint density at radius 3 is 2.05 bits per heavy atom. The van der Waals surface area contributed by atoms with Crippen LogP contribution < -0.4 is 14.8 Å². The molecule has 2 aromatic heterocycles. The van der Waals surface area contributed by atoms with Gasteiger partial charge in [-0.05, 0) is 86.7 Å². The standard InChI is InChI=1S/C32H34N4O5S2/c1-19(29(37)34-30-26(31(38)41-4)24-9-7-5-6-8-10-25(24)43-30)42-32-33-27(20-11-15-22(39-2)16-12-20)28(35-36-32)21-13-17-23(40-3)18-14-21/h11-19H,5-10H2,1-4H3,(H,34,37). The highest BCUT2D eigenvalue weighted by Crippen LogP contribution is 2.38. The molecule has 224 valence electrons. The number of ether oxygens (including phenoxy) is 3. The first-order chi connectivity index (χ1) is 20.9. The van der Waals surface area contributed by atoms with Crippen molar-refractivity contribution < 1.29 is 23.8 Å². The summed E-state index contributed by atoms with van der Waals surface area (Å²) in [7, 11) is 4.61. The molecule has 1 unspecified atom stereocenters. The molecule has 2 heterocycles. The van der Waals surface area contributed by atoms with Gasteiger partial charge in [-0.15, -0.1) is 21.5 Å². The molecule has 1 amide bonds. The number of thiophene rings is 1. The fraction of sp³-hybridized carbons (Fsp3) is 0.344. The Balaban J connectivity index is 1.41. The Bertz CT molecular complexity index is 1590. The van der Waals surface area contributed by atoms with Crippen LogP contribution in [0, 0.1) is 0 Å². The number of anilines is 1. The van der Waals surface area contributed by atoms with Crippen molar-refractivity contribution in [2.75, 3.05) is 26.6 Å². The largest absolute Gasteiger partial charge is 0.497 e. The highest BCUT2D eigenvalue weighted by molar-refractivity contribution is 8.00. The number of thioether (sulfide) groups is 1. The number of rotatable bonds is 9. The molecule has 1 N–H and O–H groups in total. The summed E-state index contributed by atoms with van der Waals surface area (Å²) in [6.45, 7) is 1.79. The second-order valence-corrected chi connectivity index (χ2v) is 12.5. The molecule has 1 aliphatic carbocycles. The molecule has 0 aliphatic heterocycles. The van der Waals surface area contributed by atoms with Crippen LogP contribution in [0.1, 0.15) is 53.4 Å². The first kappa shape index (κ1) is 30.5. The van der Waals surface area contributed by atoms with Gasteiger partial charge in [0.1, 0.15) is 27.9 Å². The van der Waals surface area contributed by atoms with E-state index < -0.39 is 11.2 Å². The van der Waals surface area contributed by atoms with Crippen LogP contribution in [0.25, 0.3) is 22.5 Å². The van der Waals surface area contributed by atoms with E-state index in [0.717, 1.165) is 65.2 Å². The quantitative estimate of drug-likeness (QED) is 0.159. The summed E-state index contributed by atoms with van der Waals surface area (Å²) in [5.74, 6) is 0.790. The summed E-state index contributed by atoms with van der Waals surface area (Å²) in [4.78, 5) is 32.2. The van der Waals surface area contributed by atoms with E-state index in [9.17, 15) is 9.59 Å². The van der Waals surface area contributed by atoms with Gasteiger partial charge < -0.3 is 19.5 Å². The van der Waals surface area contributed by atoms with Crippen LogP contribution in [0.2, 0.25) is 0 Å². The lowest BCUT2D eigenvalue weighted by atomic mass is 9.96. The van der Waals surface area contributed by atoms with Gasteiger partial charge >= 0.3 is 5.97 Å². The van der Waals surface area contributed by atoms with E-state index >= 15 is 0 Å². The average molecular weight is 619 g/mol. The van der Waals surface area contributed by atoms with Crippen LogP contribution >= 0.6 is 23.1 Å². The third-order valence-corrected chi connectivity index (χ3v) is 9.50. The first-order valence-electron chi connectivity index (χ1n) is 14.2. The molecule has 4 aromatic rings. The molecule has 43 heavy (non-hydrogen) atoms. The number of aromatic nitrogens is 3. The predicted molar refractivity (Wildman–Crippen MR) is 169 cm³/mol. The second kappa shape index (κ2) is 14.0. The zero-order chi connectivity index (χ0) is 30.3. The molecule has 0 bridgehead atoms. The number of amides is 1. The van der Waals surface area contributed by atoms with E-state index in [1.54, 1.807) is 21.1 Å². The molecule has 1 atom stereocenters. The third kappa shape index (κ3) is 7.00. The SMILES string of the molecule is COC(=O)c1c(NC(=O)C(C)Sc2nnc(-c3ccc(OC)cc3)c(-c3ccc(OC)cc3)n2)sc2c1CCCCCC2. The fourth-order valence-electron chi connectivity index (χ4n) is 5.01. The molecule has 5 rings (SSSR count). The number of hydrogen-bond acceptors (Lipinski definition) is 10. The van der Waals surface area contributed by atoms with Gasteiger partial charge in [-0.3, -0.25) is 4.79 Å². The van der Waals surface area contributed by atoms with E-state index in [0.29, 0.717) is 27.1 Å². The number of nitrogens with one attached hydrogen (secondary N) is 1. The highest BCUT2D eigenvalue weighted by Gasteiger charge is 2.28. The van der Waals surface area contributed by atoms with Crippen molar-refractivity contribution in [2.24, 2.45) is 0 Å². The predicted octanol–water partition coefficient (Wildman–Crippen LogP) is 6.85. The lowest BCUT2D eigenvalue weighted by Gasteiger charge is -2.14. The Hall–Kier alpha value is -3.96. The van der Waals surface area contributed by atoms with E-state index in [2.05, 4.69) is 15.5 Å². The van der Waals surface area contributed by atoms with E-state index in [-0.39, 0.29) is 5.91 Å². The maximum Gasteiger partial charge on any atom is 0.341 e. The Labute approximate surface area is 259 Å². The zero-order valence-corrected chi connectivity index (χ0v) is 26.3. The average Bonchev–Trinajstić information content (AvgIpc) is 3.35. The molecule has 0 saturated carbocycles. The van der Waals surface area contributed by atoms with Gasteiger partial charge in [0, 0.05) is 16.0 Å². The van der Waals surface area contributed by atoms with Gasteiger partial charge in [0.15, 0.2) is 0 Å².